The Kier molecular flexibility index (Phi) is 4.88. The van der Waals surface area contributed by atoms with Crippen molar-refractivity contribution < 1.29 is 4.74 Å². The van der Waals surface area contributed by atoms with Crippen molar-refractivity contribution in [3.8, 4) is 11.8 Å². The number of aryl methyl sites for hydroxylation is 1. The van der Waals surface area contributed by atoms with Gasteiger partial charge >= 0.3 is 0 Å². The first-order valence-corrected chi connectivity index (χ1v) is 7.95. The number of pyridine rings is 1. The van der Waals surface area contributed by atoms with Crippen LogP contribution in [0, 0.1) is 36.5 Å². The van der Waals surface area contributed by atoms with E-state index < -0.39 is 0 Å². The van der Waals surface area contributed by atoms with Crippen LogP contribution in [0.15, 0.2) is 6.20 Å². The molecule has 0 spiro atoms. The fourth-order valence-electron chi connectivity index (χ4n) is 3.71. The number of methoxy groups -OCH3 is 1. The van der Waals surface area contributed by atoms with Gasteiger partial charge in [0.15, 0.2) is 0 Å². The minimum absolute atomic E-state index is 0.239. The Balaban J connectivity index is 2.29. The lowest BCUT2D eigenvalue weighted by Crippen LogP contribution is -2.30. The maximum Gasteiger partial charge on any atom is 0.128 e. The van der Waals surface area contributed by atoms with E-state index in [2.05, 4.69) is 24.9 Å². The highest BCUT2D eigenvalue weighted by molar-refractivity contribution is 5.41. The summed E-state index contributed by atoms with van der Waals surface area (Å²) in [5.74, 6) is 1.60. The zero-order valence-corrected chi connectivity index (χ0v) is 13.7. The van der Waals surface area contributed by atoms with Crippen LogP contribution in [0.1, 0.15) is 55.8 Å². The standard InChI is InChI=1S/C18H26N2O/c1-5-15-7-6-8-18(9-15,12-19)10-16-14(3)17(21-4)13(2)11-20-16/h11,15H,5-10H2,1-4H3. The van der Waals surface area contributed by atoms with E-state index in [4.69, 9.17) is 4.74 Å². The summed E-state index contributed by atoms with van der Waals surface area (Å²) in [6, 6.07) is 2.63. The molecule has 0 N–H and O–H groups in total. The molecule has 2 atom stereocenters. The van der Waals surface area contributed by atoms with Crippen molar-refractivity contribution in [2.45, 2.75) is 59.3 Å². The molecule has 0 aliphatic heterocycles. The van der Waals surface area contributed by atoms with Gasteiger partial charge in [0.1, 0.15) is 5.75 Å². The number of nitriles is 1. The van der Waals surface area contributed by atoms with Crippen molar-refractivity contribution in [2.24, 2.45) is 11.3 Å². The van der Waals surface area contributed by atoms with Crippen LogP contribution in [0.3, 0.4) is 0 Å². The predicted molar refractivity (Wildman–Crippen MR) is 84.3 cm³/mol. The molecule has 1 aromatic rings. The largest absolute Gasteiger partial charge is 0.496 e. The van der Waals surface area contributed by atoms with Gasteiger partial charge in [-0.15, -0.1) is 0 Å². The van der Waals surface area contributed by atoms with Crippen LogP contribution in [0.25, 0.3) is 0 Å². The van der Waals surface area contributed by atoms with E-state index in [1.807, 2.05) is 13.1 Å². The number of hydrogen-bond donors (Lipinski definition) is 0. The highest BCUT2D eigenvalue weighted by atomic mass is 16.5. The molecule has 2 unspecified atom stereocenters. The highest BCUT2D eigenvalue weighted by Gasteiger charge is 2.37. The quantitative estimate of drug-likeness (QED) is 0.826. The molecule has 0 aromatic carbocycles. The van der Waals surface area contributed by atoms with E-state index in [-0.39, 0.29) is 5.41 Å². The van der Waals surface area contributed by atoms with Gasteiger partial charge in [0.2, 0.25) is 0 Å². The molecule has 1 aromatic heterocycles. The Morgan fingerprint density at radius 2 is 2.24 bits per heavy atom. The Labute approximate surface area is 128 Å². The van der Waals surface area contributed by atoms with Crippen molar-refractivity contribution in [2.75, 3.05) is 7.11 Å². The van der Waals surface area contributed by atoms with Crippen LogP contribution < -0.4 is 4.74 Å². The van der Waals surface area contributed by atoms with Crippen LogP contribution in [0.4, 0.5) is 0 Å². The lowest BCUT2D eigenvalue weighted by atomic mass is 9.67. The molecule has 1 heterocycles. The average Bonchev–Trinajstić information content (AvgIpc) is 2.51. The van der Waals surface area contributed by atoms with Crippen molar-refractivity contribution in [3.05, 3.63) is 23.0 Å². The van der Waals surface area contributed by atoms with Gasteiger partial charge in [-0.05, 0) is 32.6 Å². The molecule has 1 aliphatic carbocycles. The molecule has 1 saturated carbocycles. The van der Waals surface area contributed by atoms with E-state index in [1.165, 1.54) is 12.8 Å². The van der Waals surface area contributed by atoms with Crippen LogP contribution in [0.5, 0.6) is 5.75 Å². The summed E-state index contributed by atoms with van der Waals surface area (Å²) in [4.78, 5) is 4.59. The van der Waals surface area contributed by atoms with Crippen LogP contribution in [0.2, 0.25) is 0 Å². The summed E-state index contributed by atoms with van der Waals surface area (Å²) in [5.41, 5.74) is 2.93. The lowest BCUT2D eigenvalue weighted by molar-refractivity contribution is 0.192. The van der Waals surface area contributed by atoms with Crippen molar-refractivity contribution in [3.63, 3.8) is 0 Å². The molecule has 0 saturated heterocycles. The van der Waals surface area contributed by atoms with Gasteiger partial charge in [-0.3, -0.25) is 4.98 Å². The second-order valence-corrected chi connectivity index (χ2v) is 6.49. The Bertz CT molecular complexity index is 547. The van der Waals surface area contributed by atoms with Gasteiger partial charge in [0.05, 0.1) is 18.6 Å². The van der Waals surface area contributed by atoms with Crippen molar-refractivity contribution >= 4 is 0 Å². The van der Waals surface area contributed by atoms with Crippen LogP contribution in [-0.2, 0) is 6.42 Å². The zero-order valence-electron chi connectivity index (χ0n) is 13.7. The second kappa shape index (κ2) is 6.47. The fourth-order valence-corrected chi connectivity index (χ4v) is 3.71. The molecule has 3 heteroatoms. The Morgan fingerprint density at radius 1 is 1.48 bits per heavy atom. The summed E-state index contributed by atoms with van der Waals surface area (Å²) in [6.45, 7) is 6.30. The molecule has 21 heavy (non-hydrogen) atoms. The summed E-state index contributed by atoms with van der Waals surface area (Å²) in [5, 5.41) is 9.78. The molecule has 1 aliphatic rings. The maximum atomic E-state index is 9.78. The van der Waals surface area contributed by atoms with E-state index in [0.29, 0.717) is 5.92 Å². The molecule has 114 valence electrons. The van der Waals surface area contributed by atoms with Gasteiger partial charge < -0.3 is 4.74 Å². The molecular weight excluding hydrogens is 260 g/mol. The second-order valence-electron chi connectivity index (χ2n) is 6.49. The minimum Gasteiger partial charge on any atom is -0.496 e. The topological polar surface area (TPSA) is 45.9 Å². The minimum atomic E-state index is -0.239. The average molecular weight is 286 g/mol. The lowest BCUT2D eigenvalue weighted by Gasteiger charge is -2.35. The number of rotatable bonds is 4. The number of aromatic nitrogens is 1. The van der Waals surface area contributed by atoms with Crippen LogP contribution in [-0.4, -0.2) is 12.1 Å². The van der Waals surface area contributed by atoms with Gasteiger partial charge in [0, 0.05) is 29.4 Å². The molecular formula is C18H26N2O. The van der Waals surface area contributed by atoms with Gasteiger partial charge in [0.25, 0.3) is 0 Å². The zero-order chi connectivity index (χ0) is 15.5. The third-order valence-electron chi connectivity index (χ3n) is 5.02. The Hall–Kier alpha value is -1.56. The molecule has 1 fully saturated rings. The summed E-state index contributed by atoms with van der Waals surface area (Å²) >= 11 is 0. The van der Waals surface area contributed by atoms with Gasteiger partial charge in [-0.2, -0.15) is 5.26 Å². The SMILES string of the molecule is CCC1CCCC(C#N)(Cc2ncc(C)c(OC)c2C)C1. The normalized spacial score (nSPS) is 25.4. The first-order valence-electron chi connectivity index (χ1n) is 7.95. The van der Waals surface area contributed by atoms with E-state index in [9.17, 15) is 5.26 Å². The molecule has 0 amide bonds. The molecule has 3 nitrogen and oxygen atoms in total. The first-order chi connectivity index (χ1) is 10.0. The third kappa shape index (κ3) is 3.20. The van der Waals surface area contributed by atoms with Crippen molar-refractivity contribution in [1.29, 1.82) is 5.26 Å². The molecule has 0 radical (unpaired) electrons. The van der Waals surface area contributed by atoms with Crippen molar-refractivity contribution in [1.82, 2.24) is 4.98 Å². The number of nitrogens with zero attached hydrogens (tertiary/aromatic N) is 2. The highest BCUT2D eigenvalue weighted by Crippen LogP contribution is 2.43. The third-order valence-corrected chi connectivity index (χ3v) is 5.02. The number of ether oxygens (including phenoxy) is 1. The van der Waals surface area contributed by atoms with E-state index >= 15 is 0 Å². The summed E-state index contributed by atoms with van der Waals surface area (Å²) < 4.78 is 5.49. The van der Waals surface area contributed by atoms with Gasteiger partial charge in [-0.25, -0.2) is 0 Å². The molecule has 0 bridgehead atoms. The molecule has 2 rings (SSSR count). The fraction of sp³-hybridized carbons (Fsp3) is 0.667. The van der Waals surface area contributed by atoms with E-state index in [0.717, 1.165) is 48.3 Å². The smallest absolute Gasteiger partial charge is 0.128 e. The summed E-state index contributed by atoms with van der Waals surface area (Å²) in [6.07, 6.45) is 8.23. The maximum absolute atomic E-state index is 9.78. The van der Waals surface area contributed by atoms with E-state index in [1.54, 1.807) is 7.11 Å². The Morgan fingerprint density at radius 3 is 2.86 bits per heavy atom. The predicted octanol–water partition coefficient (Wildman–Crippen LogP) is 4.36. The number of hydrogen-bond acceptors (Lipinski definition) is 3. The summed E-state index contributed by atoms with van der Waals surface area (Å²) in [7, 11) is 1.70. The van der Waals surface area contributed by atoms with Crippen LogP contribution >= 0.6 is 0 Å². The monoisotopic (exact) mass is 286 g/mol. The van der Waals surface area contributed by atoms with Gasteiger partial charge in [-0.1, -0.05) is 26.2 Å². The first kappa shape index (κ1) is 15.8.